The number of carbonyl (C=O) groups is 2. The van der Waals surface area contributed by atoms with E-state index >= 15 is 0 Å². The maximum atomic E-state index is 12.4. The van der Waals surface area contributed by atoms with Crippen LogP contribution >= 0.6 is 0 Å². The van der Waals surface area contributed by atoms with Crippen molar-refractivity contribution in [2.75, 3.05) is 6.54 Å². The average molecular weight is 342 g/mol. The summed E-state index contributed by atoms with van der Waals surface area (Å²) in [6.07, 6.45) is 1.75. The minimum Gasteiger partial charge on any atom is -0.489 e. The lowest BCUT2D eigenvalue weighted by molar-refractivity contribution is -0.141. The van der Waals surface area contributed by atoms with E-state index in [1.807, 2.05) is 44.2 Å². The molecule has 0 saturated carbocycles. The SMILES string of the molecule is CC(C)Oc1cccnc1C(=O)NCC(Cc1ccccc1)C(=O)O. The summed E-state index contributed by atoms with van der Waals surface area (Å²) in [6, 6.07) is 12.7. The number of aliphatic carboxylic acids is 1. The van der Waals surface area contributed by atoms with Gasteiger partial charge in [0.25, 0.3) is 5.91 Å². The number of ether oxygens (including phenoxy) is 1. The minimum atomic E-state index is -0.955. The van der Waals surface area contributed by atoms with E-state index in [2.05, 4.69) is 10.3 Å². The topological polar surface area (TPSA) is 88.5 Å². The number of rotatable bonds is 8. The van der Waals surface area contributed by atoms with Crippen molar-refractivity contribution in [1.29, 1.82) is 0 Å². The Hall–Kier alpha value is -2.89. The molecule has 1 heterocycles. The summed E-state index contributed by atoms with van der Waals surface area (Å²) in [7, 11) is 0. The van der Waals surface area contributed by atoms with E-state index in [1.165, 1.54) is 6.20 Å². The minimum absolute atomic E-state index is 0.0146. The van der Waals surface area contributed by atoms with Crippen LogP contribution in [0.4, 0.5) is 0 Å². The predicted octanol–water partition coefficient (Wildman–Crippen LogP) is 2.54. The van der Waals surface area contributed by atoms with Gasteiger partial charge in [-0.15, -0.1) is 0 Å². The molecule has 1 aromatic carbocycles. The van der Waals surface area contributed by atoms with Crippen molar-refractivity contribution >= 4 is 11.9 Å². The molecule has 1 unspecified atom stereocenters. The number of pyridine rings is 1. The monoisotopic (exact) mass is 342 g/mol. The predicted molar refractivity (Wildman–Crippen MR) is 93.6 cm³/mol. The molecule has 0 bridgehead atoms. The Morgan fingerprint density at radius 3 is 2.52 bits per heavy atom. The highest BCUT2D eigenvalue weighted by Gasteiger charge is 2.21. The van der Waals surface area contributed by atoms with Crippen LogP contribution in [0.15, 0.2) is 48.7 Å². The lowest BCUT2D eigenvalue weighted by Crippen LogP contribution is -2.34. The van der Waals surface area contributed by atoms with Gasteiger partial charge in [0.15, 0.2) is 11.4 Å². The second-order valence-corrected chi connectivity index (χ2v) is 5.95. The Kier molecular flexibility index (Phi) is 6.51. The lowest BCUT2D eigenvalue weighted by Gasteiger charge is -2.15. The number of amides is 1. The molecule has 132 valence electrons. The van der Waals surface area contributed by atoms with E-state index in [0.717, 1.165) is 5.56 Å². The third-order valence-corrected chi connectivity index (χ3v) is 3.53. The van der Waals surface area contributed by atoms with Crippen molar-refractivity contribution in [3.8, 4) is 5.75 Å². The first-order chi connectivity index (χ1) is 12.0. The van der Waals surface area contributed by atoms with Crippen LogP contribution in [0, 0.1) is 5.92 Å². The molecule has 2 aromatic rings. The van der Waals surface area contributed by atoms with Crippen LogP contribution in [0.2, 0.25) is 0 Å². The van der Waals surface area contributed by atoms with Gasteiger partial charge >= 0.3 is 5.97 Å². The Labute approximate surface area is 146 Å². The summed E-state index contributed by atoms with van der Waals surface area (Å²) in [4.78, 5) is 27.9. The fourth-order valence-corrected chi connectivity index (χ4v) is 2.36. The van der Waals surface area contributed by atoms with Gasteiger partial charge in [0.1, 0.15) is 0 Å². The maximum Gasteiger partial charge on any atom is 0.308 e. The molecule has 0 saturated heterocycles. The highest BCUT2D eigenvalue weighted by atomic mass is 16.5. The number of carboxylic acids is 1. The van der Waals surface area contributed by atoms with E-state index in [0.29, 0.717) is 12.2 Å². The lowest BCUT2D eigenvalue weighted by atomic mass is 9.99. The zero-order chi connectivity index (χ0) is 18.2. The highest BCUT2D eigenvalue weighted by Crippen LogP contribution is 2.17. The van der Waals surface area contributed by atoms with Gasteiger partial charge in [0.05, 0.1) is 12.0 Å². The van der Waals surface area contributed by atoms with Crippen molar-refractivity contribution in [1.82, 2.24) is 10.3 Å². The zero-order valence-corrected chi connectivity index (χ0v) is 14.3. The number of benzene rings is 1. The molecule has 1 amide bonds. The normalized spacial score (nSPS) is 11.8. The molecule has 0 radical (unpaired) electrons. The largest absolute Gasteiger partial charge is 0.489 e. The number of hydrogen-bond acceptors (Lipinski definition) is 4. The molecule has 1 atom stereocenters. The molecule has 6 heteroatoms. The first-order valence-electron chi connectivity index (χ1n) is 8.14. The molecule has 2 N–H and O–H groups in total. The van der Waals surface area contributed by atoms with E-state index in [4.69, 9.17) is 4.74 Å². The molecule has 25 heavy (non-hydrogen) atoms. The van der Waals surface area contributed by atoms with Gasteiger partial charge in [-0.25, -0.2) is 4.98 Å². The summed E-state index contributed by atoms with van der Waals surface area (Å²) in [5.74, 6) is -1.74. The van der Waals surface area contributed by atoms with Crippen molar-refractivity contribution < 1.29 is 19.4 Å². The summed E-state index contributed by atoms with van der Waals surface area (Å²) < 4.78 is 5.58. The number of carbonyl (C=O) groups excluding carboxylic acids is 1. The van der Waals surface area contributed by atoms with Crippen LogP contribution in [0.5, 0.6) is 5.75 Å². The second-order valence-electron chi connectivity index (χ2n) is 5.95. The van der Waals surface area contributed by atoms with E-state index in [-0.39, 0.29) is 18.3 Å². The molecule has 2 rings (SSSR count). The van der Waals surface area contributed by atoms with Gasteiger partial charge in [-0.2, -0.15) is 0 Å². The fourth-order valence-electron chi connectivity index (χ4n) is 2.36. The van der Waals surface area contributed by atoms with E-state index in [9.17, 15) is 14.7 Å². The van der Waals surface area contributed by atoms with Gasteiger partial charge in [-0.3, -0.25) is 9.59 Å². The van der Waals surface area contributed by atoms with Crippen LogP contribution < -0.4 is 10.1 Å². The van der Waals surface area contributed by atoms with Crippen LogP contribution in [-0.2, 0) is 11.2 Å². The maximum absolute atomic E-state index is 12.4. The highest BCUT2D eigenvalue weighted by molar-refractivity contribution is 5.95. The molecule has 0 spiro atoms. The molecule has 0 aliphatic heterocycles. The average Bonchev–Trinajstić information content (AvgIpc) is 2.59. The molecular formula is C19H22N2O4. The summed E-state index contributed by atoms with van der Waals surface area (Å²) >= 11 is 0. The number of hydrogen-bond donors (Lipinski definition) is 2. The number of nitrogens with zero attached hydrogens (tertiary/aromatic N) is 1. The Morgan fingerprint density at radius 1 is 1.16 bits per heavy atom. The first kappa shape index (κ1) is 18.4. The van der Waals surface area contributed by atoms with Gasteiger partial charge in [0.2, 0.25) is 0 Å². The molecule has 6 nitrogen and oxygen atoms in total. The van der Waals surface area contributed by atoms with Crippen LogP contribution in [0.25, 0.3) is 0 Å². The first-order valence-corrected chi connectivity index (χ1v) is 8.14. The Morgan fingerprint density at radius 2 is 1.88 bits per heavy atom. The van der Waals surface area contributed by atoms with Gasteiger partial charge < -0.3 is 15.2 Å². The second kappa shape index (κ2) is 8.82. The summed E-state index contributed by atoms with van der Waals surface area (Å²) in [5, 5.41) is 12.1. The van der Waals surface area contributed by atoms with E-state index in [1.54, 1.807) is 12.1 Å². The fraction of sp³-hybridized carbons (Fsp3) is 0.316. The molecule has 0 aliphatic carbocycles. The standard InChI is InChI=1S/C19H22N2O4/c1-13(2)25-16-9-6-10-20-17(16)18(22)21-12-15(19(23)24)11-14-7-4-3-5-8-14/h3-10,13,15H,11-12H2,1-2H3,(H,21,22)(H,23,24). The number of carboxylic acid groups (broad SMARTS) is 1. The Bertz CT molecular complexity index is 716. The van der Waals surface area contributed by atoms with Crippen molar-refractivity contribution in [3.05, 3.63) is 59.9 Å². The van der Waals surface area contributed by atoms with Crippen LogP contribution in [0.1, 0.15) is 29.9 Å². The van der Waals surface area contributed by atoms with Crippen LogP contribution in [-0.4, -0.2) is 34.6 Å². The van der Waals surface area contributed by atoms with Crippen molar-refractivity contribution in [3.63, 3.8) is 0 Å². The van der Waals surface area contributed by atoms with Crippen molar-refractivity contribution in [2.24, 2.45) is 5.92 Å². The van der Waals surface area contributed by atoms with Gasteiger partial charge in [-0.05, 0) is 38.0 Å². The molecule has 0 aliphatic rings. The smallest absolute Gasteiger partial charge is 0.308 e. The third-order valence-electron chi connectivity index (χ3n) is 3.53. The number of nitrogens with one attached hydrogen (secondary N) is 1. The molecular weight excluding hydrogens is 320 g/mol. The Balaban J connectivity index is 2.03. The van der Waals surface area contributed by atoms with Gasteiger partial charge in [0, 0.05) is 12.7 Å². The van der Waals surface area contributed by atoms with Gasteiger partial charge in [-0.1, -0.05) is 30.3 Å². The summed E-state index contributed by atoms with van der Waals surface area (Å²) in [6.45, 7) is 3.73. The molecule has 1 aromatic heterocycles. The third kappa shape index (κ3) is 5.60. The summed E-state index contributed by atoms with van der Waals surface area (Å²) in [5.41, 5.74) is 1.06. The zero-order valence-electron chi connectivity index (χ0n) is 14.3. The quantitative estimate of drug-likeness (QED) is 0.770. The molecule has 0 fully saturated rings. The van der Waals surface area contributed by atoms with E-state index < -0.39 is 17.8 Å². The van der Waals surface area contributed by atoms with Crippen LogP contribution in [0.3, 0.4) is 0 Å². The number of aromatic nitrogens is 1. The van der Waals surface area contributed by atoms with Crippen molar-refractivity contribution in [2.45, 2.75) is 26.4 Å².